The molecule has 0 spiro atoms. The Labute approximate surface area is 170 Å². The summed E-state index contributed by atoms with van der Waals surface area (Å²) in [7, 11) is 0. The molecule has 1 saturated heterocycles. The fourth-order valence-electron chi connectivity index (χ4n) is 3.88. The minimum atomic E-state index is 0.247. The van der Waals surface area contributed by atoms with Gasteiger partial charge in [-0.15, -0.1) is 0 Å². The van der Waals surface area contributed by atoms with Gasteiger partial charge in [0.1, 0.15) is 0 Å². The van der Waals surface area contributed by atoms with Gasteiger partial charge in [0, 0.05) is 36.6 Å². The lowest BCUT2D eigenvalue weighted by Gasteiger charge is -2.25. The topological polar surface area (TPSA) is 50.8 Å². The maximum Gasteiger partial charge on any atom is 0.231 e. The van der Waals surface area contributed by atoms with Crippen molar-refractivity contribution in [1.29, 1.82) is 0 Å². The Morgan fingerprint density at radius 2 is 1.93 bits per heavy atom. The van der Waals surface area contributed by atoms with Gasteiger partial charge in [-0.3, -0.25) is 4.79 Å². The van der Waals surface area contributed by atoms with E-state index >= 15 is 0 Å². The van der Waals surface area contributed by atoms with Crippen LogP contribution in [0, 0.1) is 0 Å². The zero-order valence-corrected chi connectivity index (χ0v) is 16.6. The molecular formula is C22H25ClN2O3. The van der Waals surface area contributed by atoms with Gasteiger partial charge >= 0.3 is 0 Å². The molecule has 0 bridgehead atoms. The van der Waals surface area contributed by atoms with E-state index < -0.39 is 0 Å². The molecule has 0 unspecified atom stereocenters. The number of hydrogen-bond acceptors (Lipinski definition) is 4. The quantitative estimate of drug-likeness (QED) is 0.685. The van der Waals surface area contributed by atoms with E-state index in [0.29, 0.717) is 29.8 Å². The lowest BCUT2D eigenvalue weighted by Crippen LogP contribution is -2.36. The molecule has 28 heavy (non-hydrogen) atoms. The lowest BCUT2D eigenvalue weighted by molar-refractivity contribution is -0.129. The molecule has 0 aromatic heterocycles. The van der Waals surface area contributed by atoms with Crippen molar-refractivity contribution in [3.63, 3.8) is 0 Å². The van der Waals surface area contributed by atoms with E-state index in [1.54, 1.807) is 0 Å². The van der Waals surface area contributed by atoms with Crippen molar-refractivity contribution in [2.24, 2.45) is 0 Å². The average Bonchev–Trinajstić information content (AvgIpc) is 3.30. The van der Waals surface area contributed by atoms with Crippen molar-refractivity contribution in [1.82, 2.24) is 10.2 Å². The summed E-state index contributed by atoms with van der Waals surface area (Å²) in [4.78, 5) is 14.3. The van der Waals surface area contributed by atoms with Crippen LogP contribution >= 0.6 is 11.6 Å². The van der Waals surface area contributed by atoms with Gasteiger partial charge in [-0.2, -0.15) is 0 Å². The molecule has 1 fully saturated rings. The Hall–Kier alpha value is -2.24. The molecule has 0 aliphatic carbocycles. The van der Waals surface area contributed by atoms with Gasteiger partial charge in [0.05, 0.1) is 0 Å². The molecule has 2 aliphatic rings. The summed E-state index contributed by atoms with van der Waals surface area (Å²) in [5.41, 5.74) is 2.27. The van der Waals surface area contributed by atoms with Crippen LogP contribution in [-0.2, 0) is 17.8 Å². The van der Waals surface area contributed by atoms with Gasteiger partial charge < -0.3 is 19.7 Å². The SMILES string of the molecule is O=C1CC[C@H](CCNCc2cc3c(cc2Cl)OCO3)N1CCc1ccccc1. The number of ether oxygens (including phenoxy) is 2. The van der Waals surface area contributed by atoms with Crippen LogP contribution in [-0.4, -0.2) is 36.7 Å². The Morgan fingerprint density at radius 1 is 1.14 bits per heavy atom. The van der Waals surface area contributed by atoms with E-state index in [-0.39, 0.29) is 12.7 Å². The summed E-state index contributed by atoms with van der Waals surface area (Å²) in [6.45, 7) is 2.54. The molecule has 148 valence electrons. The number of carbonyl (C=O) groups is 1. The Balaban J connectivity index is 1.25. The molecule has 1 atom stereocenters. The molecular weight excluding hydrogens is 376 g/mol. The molecule has 4 rings (SSSR count). The highest BCUT2D eigenvalue weighted by atomic mass is 35.5. The van der Waals surface area contributed by atoms with Crippen molar-refractivity contribution in [3.8, 4) is 11.5 Å². The first-order chi connectivity index (χ1) is 13.7. The van der Waals surface area contributed by atoms with Gasteiger partial charge in [0.2, 0.25) is 12.7 Å². The molecule has 2 aliphatic heterocycles. The smallest absolute Gasteiger partial charge is 0.231 e. The van der Waals surface area contributed by atoms with Crippen LogP contribution < -0.4 is 14.8 Å². The van der Waals surface area contributed by atoms with E-state index in [9.17, 15) is 4.79 Å². The molecule has 5 nitrogen and oxygen atoms in total. The molecule has 1 amide bonds. The second-order valence-electron chi connectivity index (χ2n) is 7.28. The third-order valence-electron chi connectivity index (χ3n) is 5.45. The summed E-state index contributed by atoms with van der Waals surface area (Å²) in [5, 5.41) is 4.13. The fraction of sp³-hybridized carbons (Fsp3) is 0.409. The van der Waals surface area contributed by atoms with Crippen LogP contribution in [0.2, 0.25) is 5.02 Å². The predicted molar refractivity (Wildman–Crippen MR) is 109 cm³/mol. The number of hydrogen-bond donors (Lipinski definition) is 1. The maximum absolute atomic E-state index is 12.3. The maximum atomic E-state index is 12.3. The number of carbonyl (C=O) groups excluding carboxylic acids is 1. The predicted octanol–water partition coefficient (Wildman–Crippen LogP) is 3.78. The van der Waals surface area contributed by atoms with Crippen molar-refractivity contribution < 1.29 is 14.3 Å². The standard InChI is InChI=1S/C22H25ClN2O3/c23-19-13-21-20(27-15-28-21)12-17(19)14-24-10-8-18-6-7-22(26)25(18)11-9-16-4-2-1-3-5-16/h1-5,12-13,18,24H,6-11,14-15H2/t18-/m1/s1. The second-order valence-corrected chi connectivity index (χ2v) is 7.68. The van der Waals surface area contributed by atoms with E-state index in [0.717, 1.165) is 43.7 Å². The Kier molecular flexibility index (Phi) is 6.03. The van der Waals surface area contributed by atoms with Gasteiger partial charge in [-0.05, 0) is 43.0 Å². The number of halogens is 1. The third-order valence-corrected chi connectivity index (χ3v) is 5.80. The van der Waals surface area contributed by atoms with E-state index in [1.165, 1.54) is 5.56 Å². The minimum absolute atomic E-state index is 0.247. The van der Waals surface area contributed by atoms with Crippen molar-refractivity contribution in [2.45, 2.75) is 38.3 Å². The summed E-state index contributed by atoms with van der Waals surface area (Å²) in [5.74, 6) is 1.72. The largest absolute Gasteiger partial charge is 0.454 e. The number of benzene rings is 2. The fourth-order valence-corrected chi connectivity index (χ4v) is 4.10. The van der Waals surface area contributed by atoms with Crippen LogP contribution in [0.25, 0.3) is 0 Å². The zero-order chi connectivity index (χ0) is 19.3. The van der Waals surface area contributed by atoms with Crippen LogP contribution in [0.5, 0.6) is 11.5 Å². The molecule has 6 heteroatoms. The second kappa shape index (κ2) is 8.84. The zero-order valence-electron chi connectivity index (χ0n) is 15.8. The van der Waals surface area contributed by atoms with Crippen LogP contribution in [0.1, 0.15) is 30.4 Å². The molecule has 2 heterocycles. The molecule has 0 saturated carbocycles. The normalized spacial score (nSPS) is 18.1. The number of likely N-dealkylation sites (tertiary alicyclic amines) is 1. The first-order valence-electron chi connectivity index (χ1n) is 9.83. The van der Waals surface area contributed by atoms with E-state index in [4.69, 9.17) is 21.1 Å². The van der Waals surface area contributed by atoms with Crippen molar-refractivity contribution >= 4 is 17.5 Å². The van der Waals surface area contributed by atoms with Crippen LogP contribution in [0.3, 0.4) is 0 Å². The van der Waals surface area contributed by atoms with Crippen molar-refractivity contribution in [3.05, 3.63) is 58.6 Å². The number of amides is 1. The number of nitrogens with zero attached hydrogens (tertiary/aromatic N) is 1. The van der Waals surface area contributed by atoms with Crippen LogP contribution in [0.15, 0.2) is 42.5 Å². The van der Waals surface area contributed by atoms with Gasteiger partial charge in [-0.1, -0.05) is 41.9 Å². The summed E-state index contributed by atoms with van der Waals surface area (Å²) in [6, 6.07) is 14.4. The minimum Gasteiger partial charge on any atom is -0.454 e. The lowest BCUT2D eigenvalue weighted by atomic mass is 10.1. The van der Waals surface area contributed by atoms with Crippen LogP contribution in [0.4, 0.5) is 0 Å². The highest BCUT2D eigenvalue weighted by molar-refractivity contribution is 6.31. The van der Waals surface area contributed by atoms with Gasteiger partial charge in [0.15, 0.2) is 11.5 Å². The molecule has 1 N–H and O–H groups in total. The molecule has 2 aromatic rings. The Bertz CT molecular complexity index is 828. The molecule has 0 radical (unpaired) electrons. The van der Waals surface area contributed by atoms with Gasteiger partial charge in [0.25, 0.3) is 0 Å². The highest BCUT2D eigenvalue weighted by Crippen LogP contribution is 2.36. The number of nitrogens with one attached hydrogen (secondary N) is 1. The first-order valence-corrected chi connectivity index (χ1v) is 10.2. The van der Waals surface area contributed by atoms with E-state index in [1.807, 2.05) is 30.3 Å². The van der Waals surface area contributed by atoms with E-state index in [2.05, 4.69) is 22.3 Å². The Morgan fingerprint density at radius 3 is 2.75 bits per heavy atom. The third kappa shape index (κ3) is 4.42. The highest BCUT2D eigenvalue weighted by Gasteiger charge is 2.29. The number of rotatable bonds is 8. The number of fused-ring (bicyclic) bond motifs is 1. The summed E-state index contributed by atoms with van der Waals surface area (Å²) >= 11 is 6.33. The summed E-state index contributed by atoms with van der Waals surface area (Å²) < 4.78 is 10.8. The monoisotopic (exact) mass is 400 g/mol. The summed E-state index contributed by atoms with van der Waals surface area (Å²) in [6.07, 6.45) is 3.46. The molecule has 2 aromatic carbocycles. The first kappa shape index (κ1) is 19.1. The van der Waals surface area contributed by atoms with Gasteiger partial charge in [-0.25, -0.2) is 0 Å². The van der Waals surface area contributed by atoms with Crippen molar-refractivity contribution in [2.75, 3.05) is 19.9 Å². The average molecular weight is 401 g/mol.